The number of nitrogens with one attached hydrogen (secondary N) is 2. The number of aromatic nitrogens is 1. The van der Waals surface area contributed by atoms with Crippen molar-refractivity contribution in [2.24, 2.45) is 5.92 Å². The van der Waals surface area contributed by atoms with Crippen LogP contribution >= 0.6 is 0 Å². The second kappa shape index (κ2) is 8.86. The molecule has 0 radical (unpaired) electrons. The summed E-state index contributed by atoms with van der Waals surface area (Å²) < 4.78 is 0. The van der Waals surface area contributed by atoms with Gasteiger partial charge in [0.25, 0.3) is 0 Å². The molecule has 1 fully saturated rings. The van der Waals surface area contributed by atoms with E-state index in [0.717, 1.165) is 37.6 Å². The average Bonchev–Trinajstić information content (AvgIpc) is 2.64. The first-order valence-corrected chi connectivity index (χ1v) is 9.56. The Morgan fingerprint density at radius 2 is 1.70 bits per heavy atom. The highest BCUT2D eigenvalue weighted by Gasteiger charge is 2.14. The number of nitrogens with zero attached hydrogens (tertiary/aromatic N) is 3. The van der Waals surface area contributed by atoms with E-state index in [0.29, 0.717) is 18.2 Å². The fourth-order valence-corrected chi connectivity index (χ4v) is 3.09. The predicted octanol–water partition coefficient (Wildman–Crippen LogP) is 3.56. The highest BCUT2D eigenvalue weighted by atomic mass is 16.1. The molecule has 2 N–H and O–H groups in total. The first-order chi connectivity index (χ1) is 13.0. The number of rotatable bonds is 6. The lowest BCUT2D eigenvalue weighted by Gasteiger charge is -2.34. The van der Waals surface area contributed by atoms with E-state index in [1.807, 2.05) is 26.0 Å². The number of pyridine rings is 1. The van der Waals surface area contributed by atoms with Gasteiger partial charge in [0.1, 0.15) is 5.82 Å². The summed E-state index contributed by atoms with van der Waals surface area (Å²) >= 11 is 0. The van der Waals surface area contributed by atoms with Gasteiger partial charge in [0, 0.05) is 44.0 Å². The van der Waals surface area contributed by atoms with E-state index in [9.17, 15) is 4.79 Å². The van der Waals surface area contributed by atoms with Gasteiger partial charge in [0.05, 0.1) is 11.9 Å². The lowest BCUT2D eigenvalue weighted by atomic mass is 10.1. The molecular weight excluding hydrogens is 338 g/mol. The number of carbonyl (C=O) groups is 1. The van der Waals surface area contributed by atoms with Crippen molar-refractivity contribution in [1.82, 2.24) is 9.88 Å². The number of likely N-dealkylation sites (N-methyl/N-ethyl adjacent to an activating group) is 1. The maximum Gasteiger partial charge on any atom is 0.225 e. The van der Waals surface area contributed by atoms with E-state index in [-0.39, 0.29) is 5.91 Å². The fourth-order valence-electron chi connectivity index (χ4n) is 3.09. The Labute approximate surface area is 161 Å². The molecule has 27 heavy (non-hydrogen) atoms. The molecule has 1 amide bonds. The smallest absolute Gasteiger partial charge is 0.225 e. The van der Waals surface area contributed by atoms with Crippen molar-refractivity contribution in [3.63, 3.8) is 0 Å². The molecule has 0 spiro atoms. The highest BCUT2D eigenvalue weighted by molar-refractivity contribution is 5.89. The van der Waals surface area contributed by atoms with Crippen molar-refractivity contribution >= 4 is 28.8 Å². The lowest BCUT2D eigenvalue weighted by molar-refractivity contribution is -0.116. The first-order valence-electron chi connectivity index (χ1n) is 9.56. The molecule has 3 rings (SSSR count). The number of benzene rings is 1. The third-order valence-corrected chi connectivity index (χ3v) is 4.65. The van der Waals surface area contributed by atoms with Crippen LogP contribution in [0, 0.1) is 5.92 Å². The molecular formula is C21H29N5O. The third kappa shape index (κ3) is 5.69. The summed E-state index contributed by atoms with van der Waals surface area (Å²) in [7, 11) is 2.17. The van der Waals surface area contributed by atoms with Crippen LogP contribution < -0.4 is 15.5 Å². The Hall–Kier alpha value is -2.60. The normalized spacial score (nSPS) is 15.0. The Morgan fingerprint density at radius 1 is 1.04 bits per heavy atom. The number of amides is 1. The van der Waals surface area contributed by atoms with E-state index in [1.54, 1.807) is 6.20 Å². The van der Waals surface area contributed by atoms with Crippen LogP contribution in [-0.4, -0.2) is 49.0 Å². The summed E-state index contributed by atoms with van der Waals surface area (Å²) in [4.78, 5) is 20.9. The van der Waals surface area contributed by atoms with Gasteiger partial charge in [-0.25, -0.2) is 4.98 Å². The summed E-state index contributed by atoms with van der Waals surface area (Å²) in [5, 5.41) is 6.18. The minimum absolute atomic E-state index is 0.00213. The van der Waals surface area contributed by atoms with Gasteiger partial charge in [0.15, 0.2) is 0 Å². The zero-order valence-electron chi connectivity index (χ0n) is 16.4. The molecule has 0 unspecified atom stereocenters. The van der Waals surface area contributed by atoms with Gasteiger partial charge in [0.2, 0.25) is 5.91 Å². The van der Waals surface area contributed by atoms with Crippen LogP contribution in [-0.2, 0) is 4.79 Å². The van der Waals surface area contributed by atoms with Crippen molar-refractivity contribution in [3.8, 4) is 0 Å². The Kier molecular flexibility index (Phi) is 6.29. The largest absolute Gasteiger partial charge is 0.369 e. The number of hydrogen-bond acceptors (Lipinski definition) is 5. The van der Waals surface area contributed by atoms with Crippen LogP contribution in [0.3, 0.4) is 0 Å². The predicted molar refractivity (Wildman–Crippen MR) is 112 cm³/mol. The number of hydrogen-bond donors (Lipinski definition) is 2. The average molecular weight is 367 g/mol. The van der Waals surface area contributed by atoms with Crippen molar-refractivity contribution < 1.29 is 4.79 Å². The summed E-state index contributed by atoms with van der Waals surface area (Å²) in [5.41, 5.74) is 3.17. The fraction of sp³-hybridized carbons (Fsp3) is 0.429. The van der Waals surface area contributed by atoms with E-state index < -0.39 is 0 Å². The monoisotopic (exact) mass is 367 g/mol. The van der Waals surface area contributed by atoms with E-state index in [2.05, 4.69) is 56.7 Å². The molecule has 0 bridgehead atoms. The highest BCUT2D eigenvalue weighted by Crippen LogP contribution is 2.22. The molecule has 1 saturated heterocycles. The lowest BCUT2D eigenvalue weighted by Crippen LogP contribution is -2.44. The molecule has 0 atom stereocenters. The Bertz CT molecular complexity index is 734. The van der Waals surface area contributed by atoms with Crippen LogP contribution in [0.1, 0.15) is 20.3 Å². The summed E-state index contributed by atoms with van der Waals surface area (Å²) in [6.07, 6.45) is 2.24. The van der Waals surface area contributed by atoms with Crippen molar-refractivity contribution in [2.75, 3.05) is 48.8 Å². The van der Waals surface area contributed by atoms with Crippen LogP contribution in [0.2, 0.25) is 0 Å². The molecule has 0 saturated carbocycles. The van der Waals surface area contributed by atoms with Crippen molar-refractivity contribution in [2.45, 2.75) is 20.3 Å². The van der Waals surface area contributed by atoms with Crippen molar-refractivity contribution in [1.29, 1.82) is 0 Å². The Balaban J connectivity index is 1.55. The minimum atomic E-state index is -0.00213. The molecule has 1 aliphatic rings. The molecule has 6 heteroatoms. The molecule has 1 aliphatic heterocycles. The minimum Gasteiger partial charge on any atom is -0.369 e. The third-order valence-electron chi connectivity index (χ3n) is 4.65. The van der Waals surface area contributed by atoms with Gasteiger partial charge in [-0.2, -0.15) is 0 Å². The second-order valence-electron chi connectivity index (χ2n) is 7.54. The molecule has 0 aliphatic carbocycles. The van der Waals surface area contributed by atoms with Gasteiger partial charge in [-0.3, -0.25) is 4.79 Å². The number of carbonyl (C=O) groups excluding carboxylic acids is 1. The van der Waals surface area contributed by atoms with Crippen LogP contribution in [0.4, 0.5) is 22.9 Å². The zero-order chi connectivity index (χ0) is 19.2. The first kappa shape index (κ1) is 19.2. The standard InChI is InChI=1S/C21H29N5O/c1-16(2)14-21(27)24-20-9-6-18(15-22-20)23-17-4-7-19(8-5-17)26-12-10-25(3)11-13-26/h4-9,15-16,23H,10-14H2,1-3H3,(H,22,24,27). The van der Waals surface area contributed by atoms with Gasteiger partial charge < -0.3 is 20.4 Å². The van der Waals surface area contributed by atoms with Gasteiger partial charge in [-0.05, 0) is 49.4 Å². The maximum atomic E-state index is 11.8. The summed E-state index contributed by atoms with van der Waals surface area (Å²) in [5.74, 6) is 0.911. The van der Waals surface area contributed by atoms with Gasteiger partial charge >= 0.3 is 0 Å². The molecule has 6 nitrogen and oxygen atoms in total. The molecule has 144 valence electrons. The van der Waals surface area contributed by atoms with Crippen molar-refractivity contribution in [3.05, 3.63) is 42.6 Å². The maximum absolute atomic E-state index is 11.8. The van der Waals surface area contributed by atoms with Crippen LogP contribution in [0.15, 0.2) is 42.6 Å². The Morgan fingerprint density at radius 3 is 2.30 bits per heavy atom. The zero-order valence-corrected chi connectivity index (χ0v) is 16.4. The number of piperazine rings is 1. The van der Waals surface area contributed by atoms with Crippen LogP contribution in [0.5, 0.6) is 0 Å². The van der Waals surface area contributed by atoms with Gasteiger partial charge in [-0.15, -0.1) is 0 Å². The van der Waals surface area contributed by atoms with E-state index >= 15 is 0 Å². The SMILES string of the molecule is CC(C)CC(=O)Nc1ccc(Nc2ccc(N3CCN(C)CC3)cc2)cn1. The summed E-state index contributed by atoms with van der Waals surface area (Å²) in [6.45, 7) is 8.38. The molecule has 2 aromatic rings. The van der Waals surface area contributed by atoms with Crippen LogP contribution in [0.25, 0.3) is 0 Å². The van der Waals surface area contributed by atoms with E-state index in [4.69, 9.17) is 0 Å². The van der Waals surface area contributed by atoms with E-state index in [1.165, 1.54) is 5.69 Å². The topological polar surface area (TPSA) is 60.5 Å². The molecule has 1 aromatic heterocycles. The van der Waals surface area contributed by atoms with Gasteiger partial charge in [-0.1, -0.05) is 13.8 Å². The second-order valence-corrected chi connectivity index (χ2v) is 7.54. The molecule has 1 aromatic carbocycles. The summed E-state index contributed by atoms with van der Waals surface area (Å²) in [6, 6.07) is 12.2. The quantitative estimate of drug-likeness (QED) is 0.817. The number of anilines is 4. The molecule has 2 heterocycles.